The van der Waals surface area contributed by atoms with Gasteiger partial charge in [-0.05, 0) is 35.6 Å². The summed E-state index contributed by atoms with van der Waals surface area (Å²) in [6, 6.07) is 10.8. The highest BCUT2D eigenvalue weighted by molar-refractivity contribution is 14.0. The summed E-state index contributed by atoms with van der Waals surface area (Å²) in [4.78, 5) is 8.25. The van der Waals surface area contributed by atoms with E-state index in [1.165, 1.54) is 10.4 Å². The number of ether oxygens (including phenoxy) is 2. The lowest BCUT2D eigenvalue weighted by Gasteiger charge is -2.20. The third-order valence-electron chi connectivity index (χ3n) is 5.26. The third kappa shape index (κ3) is 7.02. The van der Waals surface area contributed by atoms with Crippen LogP contribution in [-0.2, 0) is 6.54 Å². The van der Waals surface area contributed by atoms with Crippen LogP contribution in [0.3, 0.4) is 0 Å². The maximum atomic E-state index is 5.39. The zero-order valence-electron chi connectivity index (χ0n) is 18.2. The molecule has 0 saturated carbocycles. The number of hydrogen-bond acceptors (Lipinski definition) is 5. The van der Waals surface area contributed by atoms with Gasteiger partial charge in [-0.1, -0.05) is 13.0 Å². The monoisotopic (exact) mass is 544 g/mol. The van der Waals surface area contributed by atoms with Gasteiger partial charge in [0.25, 0.3) is 0 Å². The molecule has 1 saturated heterocycles. The molecule has 0 bridgehead atoms. The Bertz CT molecular complexity index is 778. The van der Waals surface area contributed by atoms with Crippen LogP contribution in [0.25, 0.3) is 0 Å². The summed E-state index contributed by atoms with van der Waals surface area (Å²) in [5, 5.41) is 9.18. The van der Waals surface area contributed by atoms with Crippen molar-refractivity contribution >= 4 is 41.3 Å². The first-order valence-electron chi connectivity index (χ1n) is 10.1. The molecule has 6 nitrogen and oxygen atoms in total. The molecule has 0 radical (unpaired) electrons. The largest absolute Gasteiger partial charge is 0.497 e. The number of nitrogens with zero attached hydrogens (tertiary/aromatic N) is 2. The van der Waals surface area contributed by atoms with E-state index in [4.69, 9.17) is 9.47 Å². The number of nitrogens with one attached hydrogen (secondary N) is 2. The van der Waals surface area contributed by atoms with Crippen molar-refractivity contribution < 1.29 is 9.47 Å². The minimum atomic E-state index is 0. The standard InChI is InChI=1S/C22H32N4O2S.HI/c1-16(21-6-5-9-29-21)13-24-22(23-2)25-18-7-8-26(15-18)14-17-10-19(27-3)12-20(11-17)28-4;/h5-6,9-12,16,18H,7-8,13-15H2,1-4H3,(H2,23,24,25);1H. The highest BCUT2D eigenvalue weighted by Gasteiger charge is 2.23. The highest BCUT2D eigenvalue weighted by Crippen LogP contribution is 2.24. The van der Waals surface area contributed by atoms with Crippen LogP contribution in [0.1, 0.15) is 29.7 Å². The molecule has 0 spiro atoms. The zero-order chi connectivity index (χ0) is 20.6. The molecule has 1 aromatic heterocycles. The predicted molar refractivity (Wildman–Crippen MR) is 136 cm³/mol. The van der Waals surface area contributed by atoms with Crippen molar-refractivity contribution in [3.8, 4) is 11.5 Å². The molecule has 0 amide bonds. The number of hydrogen-bond donors (Lipinski definition) is 2. The minimum Gasteiger partial charge on any atom is -0.497 e. The lowest BCUT2D eigenvalue weighted by Crippen LogP contribution is -2.45. The van der Waals surface area contributed by atoms with Crippen LogP contribution in [0.4, 0.5) is 0 Å². The molecular weight excluding hydrogens is 511 g/mol. The molecule has 1 fully saturated rings. The van der Waals surface area contributed by atoms with E-state index in [1.54, 1.807) is 25.6 Å². The Hall–Kier alpha value is -1.52. The van der Waals surface area contributed by atoms with Crippen molar-refractivity contribution in [3.05, 3.63) is 46.2 Å². The summed E-state index contributed by atoms with van der Waals surface area (Å²) in [7, 11) is 5.21. The Balaban J connectivity index is 0.00000320. The Labute approximate surface area is 201 Å². The molecule has 2 heterocycles. The van der Waals surface area contributed by atoms with Gasteiger partial charge in [0.1, 0.15) is 11.5 Å². The summed E-state index contributed by atoms with van der Waals surface area (Å²) in [5.74, 6) is 3.01. The van der Waals surface area contributed by atoms with Gasteiger partial charge in [0, 0.05) is 56.1 Å². The van der Waals surface area contributed by atoms with Crippen molar-refractivity contribution in [1.82, 2.24) is 15.5 Å². The first kappa shape index (κ1) is 24.7. The van der Waals surface area contributed by atoms with Crippen molar-refractivity contribution in [2.75, 3.05) is 40.9 Å². The van der Waals surface area contributed by atoms with E-state index >= 15 is 0 Å². The molecule has 1 aromatic carbocycles. The fourth-order valence-electron chi connectivity index (χ4n) is 3.62. The summed E-state index contributed by atoms with van der Waals surface area (Å²) in [6.45, 7) is 6.04. The van der Waals surface area contributed by atoms with E-state index in [-0.39, 0.29) is 24.0 Å². The number of likely N-dealkylation sites (tertiary alicyclic amines) is 1. The van der Waals surface area contributed by atoms with Crippen molar-refractivity contribution in [2.45, 2.75) is 31.8 Å². The van der Waals surface area contributed by atoms with Crippen molar-refractivity contribution in [2.24, 2.45) is 4.99 Å². The average Bonchev–Trinajstić information content (AvgIpc) is 3.42. The van der Waals surface area contributed by atoms with Crippen LogP contribution >= 0.6 is 35.3 Å². The molecule has 2 aromatic rings. The molecular formula is C22H33IN4O2S. The molecule has 2 unspecified atom stereocenters. The van der Waals surface area contributed by atoms with Crippen LogP contribution in [-0.4, -0.2) is 57.8 Å². The van der Waals surface area contributed by atoms with E-state index in [0.717, 1.165) is 50.1 Å². The molecule has 30 heavy (non-hydrogen) atoms. The molecule has 3 rings (SSSR count). The van der Waals surface area contributed by atoms with E-state index in [9.17, 15) is 0 Å². The number of benzene rings is 1. The topological polar surface area (TPSA) is 58.1 Å². The number of aliphatic imine (C=N–C) groups is 1. The summed E-state index contributed by atoms with van der Waals surface area (Å²) < 4.78 is 10.8. The summed E-state index contributed by atoms with van der Waals surface area (Å²) in [6.07, 6.45) is 1.10. The molecule has 1 aliphatic heterocycles. The van der Waals surface area contributed by atoms with Crippen LogP contribution in [0.2, 0.25) is 0 Å². The SMILES string of the molecule is CN=C(NCC(C)c1cccs1)NC1CCN(Cc2cc(OC)cc(OC)c2)C1.I. The number of guanidine groups is 1. The van der Waals surface area contributed by atoms with Gasteiger partial charge in [-0.2, -0.15) is 0 Å². The Kier molecular flexibility index (Phi) is 10.2. The van der Waals surface area contributed by atoms with Crippen LogP contribution in [0.15, 0.2) is 40.7 Å². The Morgan fingerprint density at radius 2 is 2.00 bits per heavy atom. The van der Waals surface area contributed by atoms with Gasteiger partial charge < -0.3 is 20.1 Å². The van der Waals surface area contributed by atoms with Gasteiger partial charge in [0.2, 0.25) is 0 Å². The quantitative estimate of drug-likeness (QED) is 0.300. The van der Waals surface area contributed by atoms with E-state index < -0.39 is 0 Å². The van der Waals surface area contributed by atoms with Crippen LogP contribution < -0.4 is 20.1 Å². The zero-order valence-corrected chi connectivity index (χ0v) is 21.3. The molecule has 2 atom stereocenters. The average molecular weight is 545 g/mol. The minimum absolute atomic E-state index is 0. The number of thiophene rings is 1. The van der Waals surface area contributed by atoms with Crippen LogP contribution in [0, 0.1) is 0 Å². The van der Waals surface area contributed by atoms with Gasteiger partial charge in [0.15, 0.2) is 5.96 Å². The number of rotatable bonds is 8. The third-order valence-corrected chi connectivity index (χ3v) is 6.36. The number of methoxy groups -OCH3 is 2. The summed E-state index contributed by atoms with van der Waals surface area (Å²) in [5.41, 5.74) is 1.20. The molecule has 2 N–H and O–H groups in total. The van der Waals surface area contributed by atoms with Gasteiger partial charge in [-0.25, -0.2) is 0 Å². The molecule has 8 heteroatoms. The maximum Gasteiger partial charge on any atom is 0.191 e. The fraction of sp³-hybridized carbons (Fsp3) is 0.500. The molecule has 0 aliphatic carbocycles. The van der Waals surface area contributed by atoms with Crippen molar-refractivity contribution in [3.63, 3.8) is 0 Å². The first-order valence-corrected chi connectivity index (χ1v) is 10.9. The van der Waals surface area contributed by atoms with Gasteiger partial charge in [-0.3, -0.25) is 9.89 Å². The van der Waals surface area contributed by atoms with Crippen LogP contribution in [0.5, 0.6) is 11.5 Å². The fourth-order valence-corrected chi connectivity index (χ4v) is 4.41. The second-order valence-electron chi connectivity index (χ2n) is 7.46. The molecule has 166 valence electrons. The maximum absolute atomic E-state index is 5.39. The second kappa shape index (κ2) is 12.4. The van der Waals surface area contributed by atoms with E-state index in [1.807, 2.05) is 13.1 Å². The van der Waals surface area contributed by atoms with E-state index in [2.05, 4.69) is 57.1 Å². The number of halogens is 1. The first-order chi connectivity index (χ1) is 14.1. The van der Waals surface area contributed by atoms with Crippen molar-refractivity contribution in [1.29, 1.82) is 0 Å². The summed E-state index contributed by atoms with van der Waals surface area (Å²) >= 11 is 1.80. The molecule has 1 aliphatic rings. The van der Waals surface area contributed by atoms with E-state index in [0.29, 0.717) is 12.0 Å². The second-order valence-corrected chi connectivity index (χ2v) is 8.43. The van der Waals surface area contributed by atoms with Gasteiger partial charge >= 0.3 is 0 Å². The highest BCUT2D eigenvalue weighted by atomic mass is 127. The normalized spacial score (nSPS) is 17.9. The lowest BCUT2D eigenvalue weighted by molar-refractivity contribution is 0.321. The predicted octanol–water partition coefficient (Wildman–Crippen LogP) is 3.93. The smallest absolute Gasteiger partial charge is 0.191 e. The van der Waals surface area contributed by atoms with Gasteiger partial charge in [0.05, 0.1) is 14.2 Å². The lowest BCUT2D eigenvalue weighted by atomic mass is 10.1. The van der Waals surface area contributed by atoms with Gasteiger partial charge in [-0.15, -0.1) is 35.3 Å². The Morgan fingerprint density at radius 1 is 1.27 bits per heavy atom. The Morgan fingerprint density at radius 3 is 2.60 bits per heavy atom.